The second-order valence-corrected chi connectivity index (χ2v) is 9.41. The van der Waals surface area contributed by atoms with Gasteiger partial charge in [0.25, 0.3) is 0 Å². The standard InChI is InChI=1S/C20H32O3.CH4/c1-11-4-5-13-16-14(7-9-19(11,13)2)20(3)8-6-12(21)10-15(20)17(22)18(16)23;/h12-18,21-23H,1,4-10H2,2-3H3;1H4/t12-,13-,14-,15+,16-,17+,18+,19+,20+;/m0./s1. The maximum absolute atomic E-state index is 11.0. The van der Waals surface area contributed by atoms with Crippen molar-refractivity contribution in [2.75, 3.05) is 0 Å². The van der Waals surface area contributed by atoms with Crippen molar-refractivity contribution in [1.29, 1.82) is 0 Å². The van der Waals surface area contributed by atoms with E-state index in [0.29, 0.717) is 18.3 Å². The van der Waals surface area contributed by atoms with Crippen molar-refractivity contribution in [3.63, 3.8) is 0 Å². The van der Waals surface area contributed by atoms with E-state index >= 15 is 0 Å². The highest BCUT2D eigenvalue weighted by molar-refractivity contribution is 5.23. The molecule has 4 aliphatic carbocycles. The van der Waals surface area contributed by atoms with E-state index in [9.17, 15) is 15.3 Å². The van der Waals surface area contributed by atoms with Crippen LogP contribution in [0.3, 0.4) is 0 Å². The van der Waals surface area contributed by atoms with Crippen LogP contribution in [0.15, 0.2) is 12.2 Å². The Morgan fingerprint density at radius 3 is 2.33 bits per heavy atom. The normalized spacial score (nSPS) is 56.7. The third-order valence-electron chi connectivity index (χ3n) is 8.68. The molecule has 4 aliphatic rings. The predicted molar refractivity (Wildman–Crippen MR) is 96.4 cm³/mol. The minimum absolute atomic E-state index is 0. The summed E-state index contributed by atoms with van der Waals surface area (Å²) in [7, 11) is 0. The fourth-order valence-corrected chi connectivity index (χ4v) is 7.15. The summed E-state index contributed by atoms with van der Waals surface area (Å²) in [5, 5.41) is 32.0. The topological polar surface area (TPSA) is 60.7 Å². The highest BCUT2D eigenvalue weighted by Gasteiger charge is 2.63. The van der Waals surface area contributed by atoms with Crippen LogP contribution in [0.25, 0.3) is 0 Å². The minimum Gasteiger partial charge on any atom is -0.393 e. The third-order valence-corrected chi connectivity index (χ3v) is 8.68. The molecule has 0 aromatic rings. The molecule has 138 valence electrons. The van der Waals surface area contributed by atoms with Crippen molar-refractivity contribution in [1.82, 2.24) is 0 Å². The first-order chi connectivity index (χ1) is 10.8. The molecule has 0 amide bonds. The molecule has 0 aromatic carbocycles. The van der Waals surface area contributed by atoms with Gasteiger partial charge in [-0.1, -0.05) is 33.4 Å². The molecule has 0 unspecified atom stereocenters. The molecule has 3 N–H and O–H groups in total. The summed E-state index contributed by atoms with van der Waals surface area (Å²) in [4.78, 5) is 0. The van der Waals surface area contributed by atoms with E-state index in [1.165, 1.54) is 12.0 Å². The molecule has 0 aliphatic heterocycles. The highest BCUT2D eigenvalue weighted by atomic mass is 16.3. The first-order valence-electron chi connectivity index (χ1n) is 9.51. The molecule has 4 saturated carbocycles. The summed E-state index contributed by atoms with van der Waals surface area (Å²) < 4.78 is 0. The average molecular weight is 337 g/mol. The molecule has 0 bridgehead atoms. The van der Waals surface area contributed by atoms with Crippen LogP contribution in [0.5, 0.6) is 0 Å². The average Bonchev–Trinajstić information content (AvgIpc) is 2.82. The van der Waals surface area contributed by atoms with E-state index in [-0.39, 0.29) is 36.2 Å². The van der Waals surface area contributed by atoms with Gasteiger partial charge < -0.3 is 15.3 Å². The summed E-state index contributed by atoms with van der Waals surface area (Å²) in [5.74, 6) is 1.17. The molecular formula is C21H36O3. The zero-order valence-electron chi connectivity index (χ0n) is 14.5. The quantitative estimate of drug-likeness (QED) is 0.593. The summed E-state index contributed by atoms with van der Waals surface area (Å²) in [6, 6.07) is 0. The molecule has 0 radical (unpaired) electrons. The second kappa shape index (κ2) is 5.82. The van der Waals surface area contributed by atoms with E-state index in [1.807, 2.05) is 0 Å². The predicted octanol–water partition coefficient (Wildman–Crippen LogP) is 3.52. The molecule has 0 aromatic heterocycles. The van der Waals surface area contributed by atoms with Crippen molar-refractivity contribution in [3.05, 3.63) is 12.2 Å². The van der Waals surface area contributed by atoms with E-state index < -0.39 is 12.2 Å². The molecule has 4 rings (SSSR count). The zero-order chi connectivity index (χ0) is 16.6. The number of aliphatic hydroxyl groups excluding tert-OH is 3. The van der Waals surface area contributed by atoms with Crippen molar-refractivity contribution < 1.29 is 15.3 Å². The lowest BCUT2D eigenvalue weighted by Gasteiger charge is -2.63. The molecule has 0 saturated heterocycles. The molecule has 4 fully saturated rings. The van der Waals surface area contributed by atoms with Gasteiger partial charge in [-0.05, 0) is 79.4 Å². The fourth-order valence-electron chi connectivity index (χ4n) is 7.15. The largest absolute Gasteiger partial charge is 0.393 e. The Kier molecular flexibility index (Phi) is 4.47. The Labute approximate surface area is 147 Å². The van der Waals surface area contributed by atoms with Crippen LogP contribution < -0.4 is 0 Å². The molecule has 9 atom stereocenters. The Bertz CT molecular complexity index is 517. The van der Waals surface area contributed by atoms with Crippen molar-refractivity contribution in [2.24, 2.45) is 34.5 Å². The maximum atomic E-state index is 11.0. The Hall–Kier alpha value is -0.380. The smallest absolute Gasteiger partial charge is 0.0836 e. The second-order valence-electron chi connectivity index (χ2n) is 9.41. The van der Waals surface area contributed by atoms with E-state index in [0.717, 1.165) is 32.1 Å². The van der Waals surface area contributed by atoms with Crippen molar-refractivity contribution in [2.45, 2.75) is 84.5 Å². The molecule has 0 spiro atoms. The zero-order valence-corrected chi connectivity index (χ0v) is 14.5. The minimum atomic E-state index is -0.688. The van der Waals surface area contributed by atoms with Crippen LogP contribution in [0.1, 0.15) is 66.2 Å². The summed E-state index contributed by atoms with van der Waals surface area (Å²) >= 11 is 0. The lowest BCUT2D eigenvalue weighted by molar-refractivity contribution is -0.217. The van der Waals surface area contributed by atoms with Crippen molar-refractivity contribution in [3.8, 4) is 0 Å². The van der Waals surface area contributed by atoms with Crippen molar-refractivity contribution >= 4 is 0 Å². The third kappa shape index (κ3) is 2.20. The fraction of sp³-hybridized carbons (Fsp3) is 0.905. The van der Waals surface area contributed by atoms with Gasteiger partial charge in [-0.3, -0.25) is 0 Å². The van der Waals surface area contributed by atoms with Gasteiger partial charge in [0.15, 0.2) is 0 Å². The van der Waals surface area contributed by atoms with Crippen LogP contribution in [0.4, 0.5) is 0 Å². The van der Waals surface area contributed by atoms with Crippen LogP contribution >= 0.6 is 0 Å². The van der Waals surface area contributed by atoms with Gasteiger partial charge in [0.1, 0.15) is 0 Å². The first-order valence-corrected chi connectivity index (χ1v) is 9.51. The van der Waals surface area contributed by atoms with Gasteiger partial charge in [0.05, 0.1) is 18.3 Å². The number of rotatable bonds is 0. The number of allylic oxidation sites excluding steroid dienone is 1. The SMILES string of the molecule is C.C=C1CC[C@H]2[C@@H]3[C@@H](O)[C@H](O)[C@H]4C[C@@H](O)CC[C@]4(C)[C@H]3CC[C@]12C. The van der Waals surface area contributed by atoms with E-state index in [4.69, 9.17) is 0 Å². The molecule has 24 heavy (non-hydrogen) atoms. The van der Waals surface area contributed by atoms with Crippen LogP contribution in [-0.2, 0) is 0 Å². The van der Waals surface area contributed by atoms with Crippen LogP contribution in [-0.4, -0.2) is 33.6 Å². The van der Waals surface area contributed by atoms with E-state index in [2.05, 4.69) is 20.4 Å². The van der Waals surface area contributed by atoms with Gasteiger partial charge in [0, 0.05) is 0 Å². The number of aliphatic hydroxyl groups is 3. The highest BCUT2D eigenvalue weighted by Crippen LogP contribution is 2.67. The van der Waals surface area contributed by atoms with Gasteiger partial charge in [-0.15, -0.1) is 0 Å². The summed E-state index contributed by atoms with van der Waals surface area (Å²) in [6.07, 6.45) is 5.32. The van der Waals surface area contributed by atoms with Gasteiger partial charge >= 0.3 is 0 Å². The Balaban J connectivity index is 0.00000169. The Morgan fingerprint density at radius 1 is 0.917 bits per heavy atom. The van der Waals surface area contributed by atoms with E-state index in [1.54, 1.807) is 0 Å². The number of fused-ring (bicyclic) bond motifs is 5. The van der Waals surface area contributed by atoms with Gasteiger partial charge in [-0.25, -0.2) is 0 Å². The van der Waals surface area contributed by atoms with Gasteiger partial charge in [0.2, 0.25) is 0 Å². The van der Waals surface area contributed by atoms with Crippen LogP contribution in [0, 0.1) is 34.5 Å². The number of hydrogen-bond donors (Lipinski definition) is 3. The maximum Gasteiger partial charge on any atom is 0.0836 e. The van der Waals surface area contributed by atoms with Gasteiger partial charge in [-0.2, -0.15) is 0 Å². The van der Waals surface area contributed by atoms with Crippen LogP contribution in [0.2, 0.25) is 0 Å². The molecule has 3 nitrogen and oxygen atoms in total. The lowest BCUT2D eigenvalue weighted by atomic mass is 9.43. The Morgan fingerprint density at radius 2 is 1.62 bits per heavy atom. The molecular weight excluding hydrogens is 300 g/mol. The summed E-state index contributed by atoms with van der Waals surface area (Å²) in [6.45, 7) is 8.98. The summed E-state index contributed by atoms with van der Waals surface area (Å²) in [5.41, 5.74) is 1.57. The monoisotopic (exact) mass is 336 g/mol. The molecule has 0 heterocycles. The lowest BCUT2D eigenvalue weighted by Crippen LogP contribution is -2.63. The molecule has 3 heteroatoms. The first kappa shape index (κ1) is 18.4. The number of hydrogen-bond acceptors (Lipinski definition) is 3.